The van der Waals surface area contributed by atoms with E-state index in [9.17, 15) is 14.7 Å². The smallest absolute Gasteiger partial charge is 0.317 e. The summed E-state index contributed by atoms with van der Waals surface area (Å²) in [5.41, 5.74) is 4.00. The van der Waals surface area contributed by atoms with Gasteiger partial charge in [-0.25, -0.2) is 14.6 Å². The Morgan fingerprint density at radius 2 is 1.61 bits per heavy atom. The third-order valence-electron chi connectivity index (χ3n) is 6.04. The average Bonchev–Trinajstić information content (AvgIpc) is 3.29. The standard InChI is InChI=1S/C29H24N4O4S/c1-18-25-26(20-13-15-22(37-2)16-14-20)30-29(31-27(25)33(32-18)21-11-7-4-8-12-21)38-24(28(35)36)17-23(34)19-9-5-3-6-10-19/h3-16,24H,17H2,1-2H3,(H,35,36). The Balaban J connectivity index is 1.61. The number of benzene rings is 3. The minimum Gasteiger partial charge on any atom is -0.497 e. The third kappa shape index (κ3) is 5.14. The first-order chi connectivity index (χ1) is 18.4. The minimum atomic E-state index is -1.11. The number of carboxylic acid groups (broad SMARTS) is 1. The number of hydrogen-bond acceptors (Lipinski definition) is 7. The second-order valence-electron chi connectivity index (χ2n) is 8.55. The number of Topliss-reactive ketones (excluding diaryl/α,β-unsaturated/α-hetero) is 1. The van der Waals surface area contributed by atoms with Gasteiger partial charge in [0.25, 0.3) is 0 Å². The van der Waals surface area contributed by atoms with E-state index in [0.717, 1.165) is 34.1 Å². The normalized spacial score (nSPS) is 11.8. The van der Waals surface area contributed by atoms with Crippen molar-refractivity contribution in [3.05, 3.63) is 96.2 Å². The predicted molar refractivity (Wildman–Crippen MR) is 146 cm³/mol. The van der Waals surface area contributed by atoms with E-state index in [2.05, 4.69) is 0 Å². The van der Waals surface area contributed by atoms with Gasteiger partial charge >= 0.3 is 5.97 Å². The van der Waals surface area contributed by atoms with Crippen molar-refractivity contribution in [2.24, 2.45) is 0 Å². The minimum absolute atomic E-state index is 0.194. The average molecular weight is 525 g/mol. The van der Waals surface area contributed by atoms with E-state index in [1.807, 2.05) is 67.6 Å². The number of aromatic nitrogens is 4. The molecule has 38 heavy (non-hydrogen) atoms. The topological polar surface area (TPSA) is 107 Å². The Bertz CT molecular complexity index is 1600. The van der Waals surface area contributed by atoms with Crippen LogP contribution in [0.3, 0.4) is 0 Å². The molecular formula is C29H24N4O4S. The number of rotatable bonds is 9. The molecule has 190 valence electrons. The summed E-state index contributed by atoms with van der Waals surface area (Å²) in [5.74, 6) is -0.662. The molecule has 0 amide bonds. The second kappa shape index (κ2) is 10.9. The lowest BCUT2D eigenvalue weighted by molar-refractivity contribution is -0.136. The number of carbonyl (C=O) groups excluding carboxylic acids is 1. The quantitative estimate of drug-likeness (QED) is 0.150. The van der Waals surface area contributed by atoms with Gasteiger partial charge < -0.3 is 9.84 Å². The van der Waals surface area contributed by atoms with Crippen LogP contribution in [-0.2, 0) is 4.79 Å². The zero-order valence-corrected chi connectivity index (χ0v) is 21.6. The van der Waals surface area contributed by atoms with E-state index < -0.39 is 11.2 Å². The van der Waals surface area contributed by atoms with Gasteiger partial charge in [-0.05, 0) is 43.3 Å². The highest BCUT2D eigenvalue weighted by Crippen LogP contribution is 2.34. The summed E-state index contributed by atoms with van der Waals surface area (Å²) in [5, 5.41) is 14.6. The number of ether oxygens (including phenoxy) is 1. The number of para-hydroxylation sites is 1. The third-order valence-corrected chi connectivity index (χ3v) is 7.08. The van der Waals surface area contributed by atoms with Crippen LogP contribution in [0.15, 0.2) is 90.1 Å². The van der Waals surface area contributed by atoms with Crippen molar-refractivity contribution < 1.29 is 19.4 Å². The van der Waals surface area contributed by atoms with Crippen molar-refractivity contribution in [1.82, 2.24) is 19.7 Å². The van der Waals surface area contributed by atoms with Crippen LogP contribution in [0, 0.1) is 6.92 Å². The molecule has 0 saturated heterocycles. The molecule has 1 unspecified atom stereocenters. The first-order valence-corrected chi connectivity index (χ1v) is 12.8. The molecule has 0 fully saturated rings. The van der Waals surface area contributed by atoms with E-state index >= 15 is 0 Å². The summed E-state index contributed by atoms with van der Waals surface area (Å²) in [7, 11) is 1.60. The van der Waals surface area contributed by atoms with Crippen LogP contribution >= 0.6 is 11.8 Å². The largest absolute Gasteiger partial charge is 0.497 e. The number of nitrogens with zero attached hydrogens (tertiary/aromatic N) is 4. The maximum atomic E-state index is 12.8. The molecular weight excluding hydrogens is 500 g/mol. The number of thioether (sulfide) groups is 1. The van der Waals surface area contributed by atoms with E-state index in [4.69, 9.17) is 19.8 Å². The molecule has 0 aliphatic carbocycles. The van der Waals surface area contributed by atoms with Crippen LogP contribution in [0.4, 0.5) is 0 Å². The second-order valence-corrected chi connectivity index (χ2v) is 9.72. The number of carbonyl (C=O) groups is 2. The van der Waals surface area contributed by atoms with E-state index in [-0.39, 0.29) is 17.4 Å². The van der Waals surface area contributed by atoms with Gasteiger partial charge in [0.05, 0.1) is 29.6 Å². The Hall–Kier alpha value is -4.50. The number of aliphatic carboxylic acids is 1. The maximum absolute atomic E-state index is 12.8. The number of aryl methyl sites for hydroxylation is 1. The fourth-order valence-electron chi connectivity index (χ4n) is 4.14. The van der Waals surface area contributed by atoms with Gasteiger partial charge in [-0.15, -0.1) is 0 Å². The van der Waals surface area contributed by atoms with Crippen molar-refractivity contribution in [3.63, 3.8) is 0 Å². The van der Waals surface area contributed by atoms with Crippen LogP contribution in [-0.4, -0.2) is 49.0 Å². The monoisotopic (exact) mass is 524 g/mol. The molecule has 9 heteroatoms. The maximum Gasteiger partial charge on any atom is 0.317 e. The molecule has 8 nitrogen and oxygen atoms in total. The lowest BCUT2D eigenvalue weighted by Crippen LogP contribution is -2.21. The zero-order chi connectivity index (χ0) is 26.6. The summed E-state index contributed by atoms with van der Waals surface area (Å²) in [6.07, 6.45) is -0.194. The number of carboxylic acids is 1. The summed E-state index contributed by atoms with van der Waals surface area (Å²) in [6, 6.07) is 25.7. The van der Waals surface area contributed by atoms with Gasteiger partial charge in [0.2, 0.25) is 0 Å². The lowest BCUT2D eigenvalue weighted by Gasteiger charge is -2.13. The van der Waals surface area contributed by atoms with Gasteiger partial charge in [-0.3, -0.25) is 9.59 Å². The highest BCUT2D eigenvalue weighted by Gasteiger charge is 2.27. The zero-order valence-electron chi connectivity index (χ0n) is 20.7. The Kier molecular flexibility index (Phi) is 7.19. The van der Waals surface area contributed by atoms with Crippen molar-refractivity contribution in [2.45, 2.75) is 23.8 Å². The summed E-state index contributed by atoms with van der Waals surface area (Å²) in [6.45, 7) is 1.89. The van der Waals surface area contributed by atoms with Crippen LogP contribution in [0.1, 0.15) is 22.5 Å². The summed E-state index contributed by atoms with van der Waals surface area (Å²) < 4.78 is 7.03. The number of hydrogen-bond donors (Lipinski definition) is 1. The highest BCUT2D eigenvalue weighted by molar-refractivity contribution is 8.00. The van der Waals surface area contributed by atoms with Gasteiger partial charge in [-0.1, -0.05) is 60.3 Å². The molecule has 2 aromatic heterocycles. The Labute approximate surface area is 223 Å². The van der Waals surface area contributed by atoms with Crippen LogP contribution in [0.5, 0.6) is 5.75 Å². The van der Waals surface area contributed by atoms with Crippen molar-refractivity contribution in [2.75, 3.05) is 7.11 Å². The van der Waals surface area contributed by atoms with Gasteiger partial charge in [0.15, 0.2) is 16.6 Å². The van der Waals surface area contributed by atoms with E-state index in [1.54, 1.807) is 36.1 Å². The lowest BCUT2D eigenvalue weighted by atomic mass is 10.1. The van der Waals surface area contributed by atoms with Gasteiger partial charge in [-0.2, -0.15) is 5.10 Å². The summed E-state index contributed by atoms with van der Waals surface area (Å²) in [4.78, 5) is 34.5. The predicted octanol–water partition coefficient (Wildman–Crippen LogP) is 5.62. The molecule has 5 rings (SSSR count). The van der Waals surface area contributed by atoms with Gasteiger partial charge in [0, 0.05) is 17.5 Å². The molecule has 3 aromatic carbocycles. The first kappa shape index (κ1) is 25.2. The number of methoxy groups -OCH3 is 1. The van der Waals surface area contributed by atoms with Crippen molar-refractivity contribution in [1.29, 1.82) is 0 Å². The van der Waals surface area contributed by atoms with Gasteiger partial charge in [0.1, 0.15) is 11.0 Å². The van der Waals surface area contributed by atoms with Crippen molar-refractivity contribution >= 4 is 34.5 Å². The molecule has 0 spiro atoms. The number of fused-ring (bicyclic) bond motifs is 1. The van der Waals surface area contributed by atoms with E-state index in [1.165, 1.54) is 0 Å². The van der Waals surface area contributed by atoms with Crippen molar-refractivity contribution in [3.8, 4) is 22.7 Å². The fourth-order valence-corrected chi connectivity index (χ4v) is 5.01. The molecule has 1 N–H and O–H groups in total. The molecule has 2 heterocycles. The fraction of sp³-hybridized carbons (Fsp3) is 0.138. The van der Waals surface area contributed by atoms with Crippen LogP contribution in [0.25, 0.3) is 28.0 Å². The van der Waals surface area contributed by atoms with Crippen LogP contribution < -0.4 is 4.74 Å². The molecule has 0 saturated carbocycles. The molecule has 0 bridgehead atoms. The number of ketones is 1. The molecule has 1 atom stereocenters. The van der Waals surface area contributed by atoms with E-state index in [0.29, 0.717) is 22.7 Å². The first-order valence-electron chi connectivity index (χ1n) is 11.9. The highest BCUT2D eigenvalue weighted by atomic mass is 32.2. The van der Waals surface area contributed by atoms with Crippen LogP contribution in [0.2, 0.25) is 0 Å². The molecule has 0 aliphatic heterocycles. The molecule has 0 aliphatic rings. The molecule has 0 radical (unpaired) electrons. The Morgan fingerprint density at radius 3 is 2.24 bits per heavy atom. The Morgan fingerprint density at radius 1 is 0.947 bits per heavy atom. The summed E-state index contributed by atoms with van der Waals surface area (Å²) >= 11 is 0.956. The SMILES string of the molecule is COc1ccc(-c2nc(SC(CC(=O)c3ccccc3)C(=O)O)nc3c2c(C)nn3-c2ccccc2)cc1. The molecule has 5 aromatic rings.